The van der Waals surface area contributed by atoms with Gasteiger partial charge in [-0.2, -0.15) is 0 Å². The Kier molecular flexibility index (Phi) is 1.24. The maximum Gasteiger partial charge on any atom is 0.0587 e. The number of hydrogen-bond acceptors (Lipinski definition) is 2. The minimum atomic E-state index is 0.990. The van der Waals surface area contributed by atoms with Gasteiger partial charge < -0.3 is 0 Å². The molecule has 52 valence electrons. The molecule has 2 aliphatic rings. The Labute approximate surface area is 60.7 Å². The Morgan fingerprint density at radius 2 is 1.60 bits per heavy atom. The van der Waals surface area contributed by atoms with Gasteiger partial charge in [-0.1, -0.05) is 12.2 Å². The standard InChI is InChI=1S/C8H10N2/c1-2-5-9-7-4-8-10(9)6-3-1/h1-5,8H,6-7H2. The Hall–Kier alpha value is -1.18. The molecule has 2 rings (SSSR count). The second kappa shape index (κ2) is 2.21. The summed E-state index contributed by atoms with van der Waals surface area (Å²) in [4.78, 5) is 0. The van der Waals surface area contributed by atoms with Crippen molar-refractivity contribution in [3.05, 3.63) is 36.7 Å². The van der Waals surface area contributed by atoms with E-state index in [-0.39, 0.29) is 0 Å². The van der Waals surface area contributed by atoms with Crippen LogP contribution in [0.5, 0.6) is 0 Å². The summed E-state index contributed by atoms with van der Waals surface area (Å²) in [5.74, 6) is 0. The predicted molar refractivity (Wildman–Crippen MR) is 40.8 cm³/mol. The van der Waals surface area contributed by atoms with E-state index in [2.05, 4.69) is 46.7 Å². The first kappa shape index (κ1) is 5.59. The van der Waals surface area contributed by atoms with Crippen LogP contribution in [-0.2, 0) is 0 Å². The Balaban J connectivity index is 2.18. The summed E-state index contributed by atoms with van der Waals surface area (Å²) in [6.45, 7) is 2.00. The lowest BCUT2D eigenvalue weighted by Crippen LogP contribution is -2.29. The summed E-state index contributed by atoms with van der Waals surface area (Å²) < 4.78 is 0. The molecule has 2 aliphatic heterocycles. The van der Waals surface area contributed by atoms with Gasteiger partial charge in [0, 0.05) is 12.4 Å². The van der Waals surface area contributed by atoms with E-state index < -0.39 is 0 Å². The van der Waals surface area contributed by atoms with Crippen molar-refractivity contribution in [1.29, 1.82) is 0 Å². The molecule has 2 nitrogen and oxygen atoms in total. The Bertz CT molecular complexity index is 203. The van der Waals surface area contributed by atoms with Crippen molar-refractivity contribution in [3.63, 3.8) is 0 Å². The molecule has 0 aromatic rings. The fourth-order valence-corrected chi connectivity index (χ4v) is 1.18. The highest BCUT2D eigenvalue weighted by Crippen LogP contribution is 2.09. The van der Waals surface area contributed by atoms with Crippen molar-refractivity contribution in [2.24, 2.45) is 0 Å². The Morgan fingerprint density at radius 1 is 0.800 bits per heavy atom. The molecular weight excluding hydrogens is 124 g/mol. The maximum absolute atomic E-state index is 2.18. The van der Waals surface area contributed by atoms with E-state index in [1.165, 1.54) is 0 Å². The molecule has 0 unspecified atom stereocenters. The zero-order valence-electron chi connectivity index (χ0n) is 5.77. The smallest absolute Gasteiger partial charge is 0.0587 e. The van der Waals surface area contributed by atoms with Gasteiger partial charge in [-0.05, 0) is 12.2 Å². The second-order valence-electron chi connectivity index (χ2n) is 2.40. The van der Waals surface area contributed by atoms with Crippen LogP contribution in [0, 0.1) is 0 Å². The van der Waals surface area contributed by atoms with Crippen molar-refractivity contribution < 1.29 is 0 Å². The van der Waals surface area contributed by atoms with Crippen molar-refractivity contribution in [1.82, 2.24) is 10.0 Å². The van der Waals surface area contributed by atoms with Gasteiger partial charge in [0.15, 0.2) is 0 Å². The molecule has 0 aromatic heterocycles. The summed E-state index contributed by atoms with van der Waals surface area (Å²) in [6, 6.07) is 0. The highest BCUT2D eigenvalue weighted by molar-refractivity contribution is 5.09. The van der Waals surface area contributed by atoms with Crippen molar-refractivity contribution >= 4 is 0 Å². The molecule has 0 bridgehead atoms. The van der Waals surface area contributed by atoms with Gasteiger partial charge >= 0.3 is 0 Å². The molecule has 0 atom stereocenters. The Morgan fingerprint density at radius 3 is 2.60 bits per heavy atom. The van der Waals surface area contributed by atoms with E-state index in [0.717, 1.165) is 13.1 Å². The van der Waals surface area contributed by atoms with E-state index in [4.69, 9.17) is 0 Å². The third-order valence-corrected chi connectivity index (χ3v) is 1.70. The molecule has 0 saturated carbocycles. The number of rotatable bonds is 0. The minimum Gasteiger partial charge on any atom is -0.289 e. The van der Waals surface area contributed by atoms with Crippen molar-refractivity contribution in [2.75, 3.05) is 13.1 Å². The summed E-state index contributed by atoms with van der Waals surface area (Å²) in [6.07, 6.45) is 12.6. The molecule has 0 amide bonds. The van der Waals surface area contributed by atoms with E-state index in [1.54, 1.807) is 0 Å². The van der Waals surface area contributed by atoms with Crippen LogP contribution in [0.4, 0.5) is 0 Å². The largest absolute Gasteiger partial charge is 0.289 e. The lowest BCUT2D eigenvalue weighted by Gasteiger charge is -2.25. The minimum absolute atomic E-state index is 0.990. The van der Waals surface area contributed by atoms with Gasteiger partial charge in [-0.25, -0.2) is 0 Å². The van der Waals surface area contributed by atoms with Crippen LogP contribution in [0.2, 0.25) is 0 Å². The monoisotopic (exact) mass is 134 g/mol. The maximum atomic E-state index is 2.18. The van der Waals surface area contributed by atoms with E-state index in [1.807, 2.05) is 0 Å². The molecule has 0 saturated heterocycles. The third-order valence-electron chi connectivity index (χ3n) is 1.70. The lowest BCUT2D eigenvalue weighted by atomic mass is 10.5. The van der Waals surface area contributed by atoms with Crippen LogP contribution in [0.15, 0.2) is 36.7 Å². The molecule has 0 fully saturated rings. The first-order valence-corrected chi connectivity index (χ1v) is 3.50. The number of hydrogen-bond donors (Lipinski definition) is 0. The van der Waals surface area contributed by atoms with Crippen LogP contribution < -0.4 is 0 Å². The lowest BCUT2D eigenvalue weighted by molar-refractivity contribution is 0.128. The quantitative estimate of drug-likeness (QED) is 0.489. The van der Waals surface area contributed by atoms with Crippen LogP contribution in [-0.4, -0.2) is 23.1 Å². The van der Waals surface area contributed by atoms with Gasteiger partial charge in [0.1, 0.15) is 0 Å². The molecule has 10 heavy (non-hydrogen) atoms. The zero-order chi connectivity index (χ0) is 6.81. The number of hydrazine groups is 1. The van der Waals surface area contributed by atoms with Crippen LogP contribution in [0.3, 0.4) is 0 Å². The first-order chi connectivity index (χ1) is 4.97. The van der Waals surface area contributed by atoms with Crippen molar-refractivity contribution in [2.45, 2.75) is 0 Å². The topological polar surface area (TPSA) is 6.48 Å². The van der Waals surface area contributed by atoms with Crippen LogP contribution >= 0.6 is 0 Å². The third kappa shape index (κ3) is 0.817. The summed E-state index contributed by atoms with van der Waals surface area (Å²) in [5.41, 5.74) is 0. The normalized spacial score (nSPS) is 21.6. The molecular formula is C8H10N2. The van der Waals surface area contributed by atoms with Gasteiger partial charge in [-0.3, -0.25) is 10.0 Å². The molecule has 0 N–H and O–H groups in total. The van der Waals surface area contributed by atoms with Crippen LogP contribution in [0.25, 0.3) is 0 Å². The van der Waals surface area contributed by atoms with Gasteiger partial charge in [-0.15, -0.1) is 0 Å². The predicted octanol–water partition coefficient (Wildman–Crippen LogP) is 1.12. The summed E-state index contributed by atoms with van der Waals surface area (Å²) in [5, 5.41) is 4.36. The summed E-state index contributed by atoms with van der Waals surface area (Å²) >= 11 is 0. The van der Waals surface area contributed by atoms with E-state index in [9.17, 15) is 0 Å². The van der Waals surface area contributed by atoms with E-state index >= 15 is 0 Å². The first-order valence-electron chi connectivity index (χ1n) is 3.50. The molecule has 0 aromatic carbocycles. The van der Waals surface area contributed by atoms with Crippen LogP contribution in [0.1, 0.15) is 0 Å². The zero-order valence-corrected chi connectivity index (χ0v) is 5.77. The second-order valence-corrected chi connectivity index (χ2v) is 2.40. The van der Waals surface area contributed by atoms with Crippen molar-refractivity contribution in [3.8, 4) is 0 Å². The molecule has 0 spiro atoms. The highest BCUT2D eigenvalue weighted by Gasteiger charge is 2.10. The van der Waals surface area contributed by atoms with Gasteiger partial charge in [0.2, 0.25) is 0 Å². The fourth-order valence-electron chi connectivity index (χ4n) is 1.18. The molecule has 0 radical (unpaired) electrons. The SMILES string of the molecule is C1=CCN2C=CCN2C=C1. The fraction of sp³-hybridized carbons (Fsp3) is 0.250. The van der Waals surface area contributed by atoms with Gasteiger partial charge in [0.05, 0.1) is 13.1 Å². The highest BCUT2D eigenvalue weighted by atomic mass is 15.6. The van der Waals surface area contributed by atoms with Gasteiger partial charge in [0.25, 0.3) is 0 Å². The number of nitrogens with zero attached hydrogens (tertiary/aromatic N) is 2. The number of allylic oxidation sites excluding steroid dienone is 2. The average Bonchev–Trinajstić information content (AvgIpc) is 2.28. The molecule has 0 aliphatic carbocycles. The molecule has 2 heterocycles. The summed E-state index contributed by atoms with van der Waals surface area (Å²) in [7, 11) is 0. The molecule has 2 heteroatoms. The average molecular weight is 134 g/mol. The van der Waals surface area contributed by atoms with E-state index in [0.29, 0.717) is 0 Å². The number of fused-ring (bicyclic) bond motifs is 1.